The fourth-order valence-electron chi connectivity index (χ4n) is 2.66. The minimum atomic E-state index is -0.598. The van der Waals surface area contributed by atoms with Crippen molar-refractivity contribution in [3.63, 3.8) is 0 Å². The smallest absolute Gasteiger partial charge is 0.230 e. The summed E-state index contributed by atoms with van der Waals surface area (Å²) in [6.07, 6.45) is 4.83. The molecule has 0 radical (unpaired) electrons. The van der Waals surface area contributed by atoms with Crippen LogP contribution in [0.25, 0.3) is 0 Å². The number of rotatable bonds is 3. The van der Waals surface area contributed by atoms with Crippen molar-refractivity contribution in [1.82, 2.24) is 10.1 Å². The van der Waals surface area contributed by atoms with Gasteiger partial charge in [-0.25, -0.2) is 0 Å². The zero-order valence-corrected chi connectivity index (χ0v) is 10.9. The zero-order chi connectivity index (χ0) is 12.5. The predicted octanol–water partition coefficient (Wildman–Crippen LogP) is 3.20. The molecule has 17 heavy (non-hydrogen) atoms. The van der Waals surface area contributed by atoms with Gasteiger partial charge in [-0.1, -0.05) is 38.8 Å². The van der Waals surface area contributed by atoms with Gasteiger partial charge in [-0.05, 0) is 24.7 Å². The van der Waals surface area contributed by atoms with Gasteiger partial charge in [0.1, 0.15) is 6.10 Å². The van der Waals surface area contributed by atoms with Gasteiger partial charge in [-0.15, -0.1) is 0 Å². The lowest BCUT2D eigenvalue weighted by atomic mass is 9.69. The van der Waals surface area contributed by atoms with E-state index in [0.717, 1.165) is 6.42 Å². The van der Waals surface area contributed by atoms with Crippen molar-refractivity contribution in [2.45, 2.75) is 64.9 Å². The fraction of sp³-hybridized carbons (Fsp3) is 0.846. The highest BCUT2D eigenvalue weighted by molar-refractivity contribution is 5.03. The molecule has 0 bridgehead atoms. The van der Waals surface area contributed by atoms with Gasteiger partial charge in [0.2, 0.25) is 5.89 Å². The number of hydrogen-bond acceptors (Lipinski definition) is 4. The Kier molecular flexibility index (Phi) is 3.52. The Labute approximate surface area is 102 Å². The molecule has 0 amide bonds. The van der Waals surface area contributed by atoms with Crippen molar-refractivity contribution >= 4 is 0 Å². The molecule has 0 spiro atoms. The van der Waals surface area contributed by atoms with Crippen LogP contribution in [0.4, 0.5) is 0 Å². The molecule has 2 unspecified atom stereocenters. The van der Waals surface area contributed by atoms with Gasteiger partial charge in [0.15, 0.2) is 5.82 Å². The Morgan fingerprint density at radius 2 is 2.24 bits per heavy atom. The Hall–Kier alpha value is -0.900. The van der Waals surface area contributed by atoms with E-state index in [1.54, 1.807) is 0 Å². The fourth-order valence-corrected chi connectivity index (χ4v) is 2.66. The molecule has 1 heterocycles. The van der Waals surface area contributed by atoms with E-state index in [0.29, 0.717) is 24.1 Å². The summed E-state index contributed by atoms with van der Waals surface area (Å²) in [4.78, 5) is 4.37. The Bertz CT molecular complexity index is 373. The molecule has 1 aromatic rings. The summed E-state index contributed by atoms with van der Waals surface area (Å²) in [7, 11) is 0. The zero-order valence-electron chi connectivity index (χ0n) is 10.9. The van der Waals surface area contributed by atoms with Gasteiger partial charge in [0, 0.05) is 5.92 Å². The van der Waals surface area contributed by atoms with E-state index in [9.17, 15) is 5.11 Å². The molecule has 2 rings (SSSR count). The van der Waals surface area contributed by atoms with Crippen LogP contribution in [-0.2, 0) is 0 Å². The summed E-state index contributed by atoms with van der Waals surface area (Å²) in [5.41, 5.74) is 0.221. The van der Waals surface area contributed by atoms with Crippen LogP contribution in [0.5, 0.6) is 0 Å². The average molecular weight is 238 g/mol. The van der Waals surface area contributed by atoms with Crippen LogP contribution < -0.4 is 0 Å². The summed E-state index contributed by atoms with van der Waals surface area (Å²) < 4.78 is 5.34. The van der Waals surface area contributed by atoms with E-state index in [1.165, 1.54) is 19.3 Å². The highest BCUT2D eigenvalue weighted by Crippen LogP contribution is 2.46. The van der Waals surface area contributed by atoms with Crippen molar-refractivity contribution in [2.24, 2.45) is 5.41 Å². The quantitative estimate of drug-likeness (QED) is 0.878. The molecule has 0 aliphatic heterocycles. The Morgan fingerprint density at radius 3 is 2.88 bits per heavy atom. The number of nitrogens with zero attached hydrogens (tertiary/aromatic N) is 2. The summed E-state index contributed by atoms with van der Waals surface area (Å²) in [6.45, 7) is 6.43. The van der Waals surface area contributed by atoms with Gasteiger partial charge in [0.25, 0.3) is 0 Å². The molecule has 1 aliphatic carbocycles. The van der Waals surface area contributed by atoms with Gasteiger partial charge in [0.05, 0.1) is 0 Å². The molecular formula is C13H22N2O2. The van der Waals surface area contributed by atoms with Crippen molar-refractivity contribution in [3.8, 4) is 0 Å². The molecular weight excluding hydrogens is 216 g/mol. The minimum absolute atomic E-state index is 0.221. The molecule has 1 saturated carbocycles. The third kappa shape index (κ3) is 2.51. The summed E-state index contributed by atoms with van der Waals surface area (Å²) >= 11 is 0. The molecule has 96 valence electrons. The van der Waals surface area contributed by atoms with Crippen LogP contribution in [0.3, 0.4) is 0 Å². The van der Waals surface area contributed by atoms with Gasteiger partial charge < -0.3 is 9.63 Å². The van der Waals surface area contributed by atoms with Crippen LogP contribution in [0, 0.1) is 5.41 Å². The molecule has 1 fully saturated rings. The first-order chi connectivity index (χ1) is 8.04. The summed E-state index contributed by atoms with van der Waals surface area (Å²) in [5.74, 6) is 1.47. The maximum absolute atomic E-state index is 9.69. The normalized spacial score (nSPS) is 25.8. The van der Waals surface area contributed by atoms with Gasteiger partial charge >= 0.3 is 0 Å². The second-order valence-corrected chi connectivity index (χ2v) is 5.70. The van der Waals surface area contributed by atoms with Crippen LogP contribution in [-0.4, -0.2) is 15.2 Å². The molecule has 4 nitrogen and oxygen atoms in total. The van der Waals surface area contributed by atoms with Crippen molar-refractivity contribution < 1.29 is 9.63 Å². The van der Waals surface area contributed by atoms with E-state index in [1.807, 2.05) is 6.92 Å². The Morgan fingerprint density at radius 1 is 1.47 bits per heavy atom. The van der Waals surface area contributed by atoms with E-state index in [2.05, 4.69) is 24.0 Å². The molecule has 1 aromatic heterocycles. The lowest BCUT2D eigenvalue weighted by molar-refractivity contribution is 0.156. The van der Waals surface area contributed by atoms with E-state index < -0.39 is 6.10 Å². The number of hydrogen-bond donors (Lipinski definition) is 1. The van der Waals surface area contributed by atoms with Crippen molar-refractivity contribution in [2.75, 3.05) is 0 Å². The van der Waals surface area contributed by atoms with Gasteiger partial charge in [-0.2, -0.15) is 4.98 Å². The molecule has 1 aliphatic rings. The average Bonchev–Trinajstić information content (AvgIpc) is 2.76. The summed E-state index contributed by atoms with van der Waals surface area (Å²) in [5, 5.41) is 13.6. The largest absolute Gasteiger partial charge is 0.385 e. The van der Waals surface area contributed by atoms with Crippen LogP contribution >= 0.6 is 0 Å². The summed E-state index contributed by atoms with van der Waals surface area (Å²) in [6, 6.07) is 0. The maximum Gasteiger partial charge on any atom is 0.230 e. The lowest BCUT2D eigenvalue weighted by Crippen LogP contribution is -2.26. The predicted molar refractivity (Wildman–Crippen MR) is 64.5 cm³/mol. The van der Waals surface area contributed by atoms with E-state index in [4.69, 9.17) is 4.52 Å². The van der Waals surface area contributed by atoms with Crippen LogP contribution in [0.1, 0.15) is 76.6 Å². The number of aliphatic hydroxyl groups is 1. The molecule has 1 N–H and O–H groups in total. The topological polar surface area (TPSA) is 59.2 Å². The van der Waals surface area contributed by atoms with Crippen molar-refractivity contribution in [3.05, 3.63) is 11.7 Å². The second-order valence-electron chi connectivity index (χ2n) is 5.70. The monoisotopic (exact) mass is 238 g/mol. The highest BCUT2D eigenvalue weighted by Gasteiger charge is 2.37. The first kappa shape index (κ1) is 12.6. The first-order valence-corrected chi connectivity index (χ1v) is 6.56. The third-order valence-electron chi connectivity index (χ3n) is 3.95. The van der Waals surface area contributed by atoms with Crippen LogP contribution in [0.15, 0.2) is 4.52 Å². The standard InChI is InChI=1S/C13H22N2O2/c1-4-10(16)11-14-12(17-15-11)9-7-5-6-8-13(9,2)3/h9-10,16H,4-8H2,1-3H3. The third-order valence-corrected chi connectivity index (χ3v) is 3.95. The number of aromatic nitrogens is 2. The van der Waals surface area contributed by atoms with Gasteiger partial charge in [-0.3, -0.25) is 0 Å². The maximum atomic E-state index is 9.69. The first-order valence-electron chi connectivity index (χ1n) is 6.56. The Balaban J connectivity index is 2.18. The van der Waals surface area contributed by atoms with E-state index in [-0.39, 0.29) is 5.41 Å². The molecule has 0 saturated heterocycles. The second kappa shape index (κ2) is 4.77. The van der Waals surface area contributed by atoms with E-state index >= 15 is 0 Å². The number of aliphatic hydroxyl groups excluding tert-OH is 1. The minimum Gasteiger partial charge on any atom is -0.385 e. The molecule has 2 atom stereocenters. The lowest BCUT2D eigenvalue weighted by Gasteiger charge is -2.36. The highest BCUT2D eigenvalue weighted by atomic mass is 16.5. The SMILES string of the molecule is CCC(O)c1noc(C2CCCCC2(C)C)n1. The van der Waals surface area contributed by atoms with Crippen LogP contribution in [0.2, 0.25) is 0 Å². The molecule has 4 heteroatoms. The van der Waals surface area contributed by atoms with Crippen molar-refractivity contribution in [1.29, 1.82) is 0 Å². The molecule has 0 aromatic carbocycles.